The average Bonchev–Trinajstić information content (AvgIpc) is 2.28. The summed E-state index contributed by atoms with van der Waals surface area (Å²) in [5.74, 6) is -0.295. The van der Waals surface area contributed by atoms with Gasteiger partial charge in [-0.2, -0.15) is 0 Å². The fourth-order valence-corrected chi connectivity index (χ4v) is 1.97. The Labute approximate surface area is 116 Å². The average molecular weight is 260 g/mol. The van der Waals surface area contributed by atoms with E-state index >= 15 is 0 Å². The molecular weight excluding hydrogens is 236 g/mol. The van der Waals surface area contributed by atoms with Crippen LogP contribution in [0.2, 0.25) is 0 Å². The Balaban J connectivity index is 2.87. The van der Waals surface area contributed by atoms with Crippen LogP contribution in [0.1, 0.15) is 50.8 Å². The van der Waals surface area contributed by atoms with Crippen molar-refractivity contribution in [2.75, 3.05) is 0 Å². The third-order valence-electron chi connectivity index (χ3n) is 2.75. The minimum Gasteiger partial charge on any atom is -0.457 e. The number of hydrogen-bond acceptors (Lipinski definition) is 2. The Morgan fingerprint density at radius 2 is 2.00 bits per heavy atom. The van der Waals surface area contributed by atoms with Crippen molar-refractivity contribution in [3.8, 4) is 0 Å². The highest BCUT2D eigenvalue weighted by molar-refractivity contribution is 5.87. The third kappa shape index (κ3) is 5.29. The van der Waals surface area contributed by atoms with Gasteiger partial charge in [0.05, 0.1) is 0 Å². The standard InChI is InChI=1S/C17H24O2/c1-6-8-15-13(2)9-7-10-14(15)11-12-16(18)19-17(3,4)5/h7,9-12H,6,8H2,1-5H3/b12-11+. The summed E-state index contributed by atoms with van der Waals surface area (Å²) in [7, 11) is 0. The zero-order chi connectivity index (χ0) is 14.5. The number of ether oxygens (including phenoxy) is 1. The molecular formula is C17H24O2. The lowest BCUT2D eigenvalue weighted by molar-refractivity contribution is -0.148. The van der Waals surface area contributed by atoms with E-state index in [9.17, 15) is 4.79 Å². The van der Waals surface area contributed by atoms with E-state index < -0.39 is 5.60 Å². The first-order valence-electron chi connectivity index (χ1n) is 6.83. The van der Waals surface area contributed by atoms with E-state index in [2.05, 4.69) is 19.9 Å². The number of carbonyl (C=O) groups is 1. The molecule has 0 fully saturated rings. The van der Waals surface area contributed by atoms with E-state index in [1.807, 2.05) is 39.0 Å². The maximum atomic E-state index is 11.7. The molecule has 0 aliphatic heterocycles. The van der Waals surface area contributed by atoms with Gasteiger partial charge in [-0.25, -0.2) is 4.79 Å². The van der Waals surface area contributed by atoms with Gasteiger partial charge < -0.3 is 4.74 Å². The third-order valence-corrected chi connectivity index (χ3v) is 2.75. The van der Waals surface area contributed by atoms with Crippen molar-refractivity contribution in [3.63, 3.8) is 0 Å². The van der Waals surface area contributed by atoms with E-state index in [0.29, 0.717) is 0 Å². The van der Waals surface area contributed by atoms with Gasteiger partial charge in [0, 0.05) is 6.08 Å². The topological polar surface area (TPSA) is 26.3 Å². The molecule has 1 rings (SSSR count). The minimum atomic E-state index is -0.444. The first kappa shape index (κ1) is 15.5. The summed E-state index contributed by atoms with van der Waals surface area (Å²) in [4.78, 5) is 11.7. The molecule has 1 aromatic carbocycles. The van der Waals surface area contributed by atoms with Crippen LogP contribution in [0.4, 0.5) is 0 Å². The molecule has 0 aromatic heterocycles. The molecule has 0 amide bonds. The first-order valence-corrected chi connectivity index (χ1v) is 6.83. The number of hydrogen-bond donors (Lipinski definition) is 0. The lowest BCUT2D eigenvalue weighted by Gasteiger charge is -2.18. The van der Waals surface area contributed by atoms with Gasteiger partial charge in [0.2, 0.25) is 0 Å². The molecule has 0 N–H and O–H groups in total. The SMILES string of the molecule is CCCc1c(C)cccc1/C=C/C(=O)OC(C)(C)C. The summed E-state index contributed by atoms with van der Waals surface area (Å²) in [6, 6.07) is 6.16. The van der Waals surface area contributed by atoms with Crippen molar-refractivity contribution >= 4 is 12.0 Å². The highest BCUT2D eigenvalue weighted by Gasteiger charge is 2.14. The highest BCUT2D eigenvalue weighted by atomic mass is 16.6. The van der Waals surface area contributed by atoms with E-state index in [0.717, 1.165) is 18.4 Å². The van der Waals surface area contributed by atoms with Crippen LogP contribution in [-0.4, -0.2) is 11.6 Å². The largest absolute Gasteiger partial charge is 0.457 e. The van der Waals surface area contributed by atoms with Gasteiger partial charge in [-0.3, -0.25) is 0 Å². The molecule has 19 heavy (non-hydrogen) atoms. The lowest BCUT2D eigenvalue weighted by Crippen LogP contribution is -2.22. The molecule has 0 spiro atoms. The van der Waals surface area contributed by atoms with Crippen LogP contribution in [0.25, 0.3) is 6.08 Å². The molecule has 0 bridgehead atoms. The maximum Gasteiger partial charge on any atom is 0.331 e. The molecule has 2 nitrogen and oxygen atoms in total. The van der Waals surface area contributed by atoms with Crippen LogP contribution in [-0.2, 0) is 16.0 Å². The molecule has 1 aromatic rings. The van der Waals surface area contributed by atoms with Gasteiger partial charge in [0.1, 0.15) is 5.60 Å². The predicted molar refractivity (Wildman–Crippen MR) is 80.1 cm³/mol. The van der Waals surface area contributed by atoms with E-state index in [1.54, 1.807) is 0 Å². The predicted octanol–water partition coefficient (Wildman–Crippen LogP) is 4.30. The zero-order valence-corrected chi connectivity index (χ0v) is 12.6. The van der Waals surface area contributed by atoms with Gasteiger partial charge >= 0.3 is 5.97 Å². The molecule has 104 valence electrons. The molecule has 2 heteroatoms. The second-order valence-electron chi connectivity index (χ2n) is 5.76. The van der Waals surface area contributed by atoms with Crippen molar-refractivity contribution in [2.45, 2.75) is 53.1 Å². The highest BCUT2D eigenvalue weighted by Crippen LogP contribution is 2.18. The molecule has 0 saturated heterocycles. The van der Waals surface area contributed by atoms with Crippen molar-refractivity contribution in [1.82, 2.24) is 0 Å². The van der Waals surface area contributed by atoms with Crippen LogP contribution in [0.15, 0.2) is 24.3 Å². The number of esters is 1. The van der Waals surface area contributed by atoms with Crippen molar-refractivity contribution in [2.24, 2.45) is 0 Å². The second kappa shape index (κ2) is 6.55. The quantitative estimate of drug-likeness (QED) is 0.596. The Hall–Kier alpha value is -1.57. The van der Waals surface area contributed by atoms with Crippen molar-refractivity contribution in [1.29, 1.82) is 0 Å². The molecule has 0 atom stereocenters. The maximum absolute atomic E-state index is 11.7. The van der Waals surface area contributed by atoms with E-state index in [4.69, 9.17) is 4.74 Å². The minimum absolute atomic E-state index is 0.295. The summed E-state index contributed by atoms with van der Waals surface area (Å²) < 4.78 is 5.26. The zero-order valence-electron chi connectivity index (χ0n) is 12.6. The fraction of sp³-hybridized carbons (Fsp3) is 0.471. The molecule has 0 saturated carbocycles. The summed E-state index contributed by atoms with van der Waals surface area (Å²) >= 11 is 0. The van der Waals surface area contributed by atoms with Crippen LogP contribution >= 0.6 is 0 Å². The number of rotatable bonds is 4. The Bertz CT molecular complexity index is 465. The second-order valence-corrected chi connectivity index (χ2v) is 5.76. The summed E-state index contributed by atoms with van der Waals surface area (Å²) in [6.07, 6.45) is 5.49. The number of carbonyl (C=O) groups excluding carboxylic acids is 1. The van der Waals surface area contributed by atoms with Crippen molar-refractivity contribution < 1.29 is 9.53 Å². The normalized spacial score (nSPS) is 11.8. The Morgan fingerprint density at radius 1 is 1.32 bits per heavy atom. The molecule has 0 unspecified atom stereocenters. The summed E-state index contributed by atoms with van der Waals surface area (Å²) in [6.45, 7) is 9.87. The Kier molecular flexibility index (Phi) is 5.34. The first-order chi connectivity index (χ1) is 8.83. The van der Waals surface area contributed by atoms with Crippen LogP contribution < -0.4 is 0 Å². The molecule has 0 radical (unpaired) electrons. The van der Waals surface area contributed by atoms with Gasteiger partial charge in [-0.15, -0.1) is 0 Å². The summed E-state index contributed by atoms with van der Waals surface area (Å²) in [5.41, 5.74) is 3.24. The lowest BCUT2D eigenvalue weighted by atomic mass is 9.98. The number of aryl methyl sites for hydroxylation is 1. The smallest absolute Gasteiger partial charge is 0.331 e. The van der Waals surface area contributed by atoms with Crippen LogP contribution in [0.5, 0.6) is 0 Å². The van der Waals surface area contributed by atoms with Crippen LogP contribution in [0, 0.1) is 6.92 Å². The Morgan fingerprint density at radius 3 is 2.58 bits per heavy atom. The monoisotopic (exact) mass is 260 g/mol. The van der Waals surface area contributed by atoms with Crippen LogP contribution in [0.3, 0.4) is 0 Å². The van der Waals surface area contributed by atoms with Gasteiger partial charge in [0.15, 0.2) is 0 Å². The van der Waals surface area contributed by atoms with E-state index in [1.165, 1.54) is 17.2 Å². The van der Waals surface area contributed by atoms with Gasteiger partial charge in [-0.05, 0) is 56.9 Å². The number of benzene rings is 1. The van der Waals surface area contributed by atoms with Gasteiger partial charge in [0.25, 0.3) is 0 Å². The molecule has 0 heterocycles. The molecule has 0 aliphatic rings. The molecule has 0 aliphatic carbocycles. The fourth-order valence-electron chi connectivity index (χ4n) is 1.97. The van der Waals surface area contributed by atoms with Gasteiger partial charge in [-0.1, -0.05) is 31.5 Å². The van der Waals surface area contributed by atoms with E-state index in [-0.39, 0.29) is 5.97 Å². The van der Waals surface area contributed by atoms with Crippen molar-refractivity contribution in [3.05, 3.63) is 41.0 Å². The summed E-state index contributed by atoms with van der Waals surface area (Å²) in [5, 5.41) is 0.